The van der Waals surface area contributed by atoms with Gasteiger partial charge < -0.3 is 5.32 Å². The Morgan fingerprint density at radius 1 is 1.75 bits per heavy atom. The average Bonchev–Trinajstić information content (AvgIpc) is 1.63. The lowest BCUT2D eigenvalue weighted by Crippen LogP contribution is -2.43. The normalized spacial score (nSPS) is 19.0. The molecular formula is C5H8N2O. The Morgan fingerprint density at radius 3 is 2.88 bits per heavy atom. The summed E-state index contributed by atoms with van der Waals surface area (Å²) in [6.45, 7) is 2.66. The van der Waals surface area contributed by atoms with Crippen LogP contribution in [-0.4, -0.2) is 25.7 Å². The molecule has 8 heavy (non-hydrogen) atoms. The van der Waals surface area contributed by atoms with Crippen LogP contribution in [0.3, 0.4) is 0 Å². The fraction of sp³-hybridized carbons (Fsp3) is 0.800. The number of hydrogen-bond acceptors (Lipinski definition) is 3. The highest BCUT2D eigenvalue weighted by Crippen LogP contribution is 2.00. The summed E-state index contributed by atoms with van der Waals surface area (Å²) in [5, 5.41) is 3.08. The van der Waals surface area contributed by atoms with Gasteiger partial charge in [-0.05, 0) is 0 Å². The summed E-state index contributed by atoms with van der Waals surface area (Å²) in [5.41, 5.74) is 0. The molecule has 1 saturated heterocycles. The molecule has 0 aliphatic carbocycles. The number of isocyanates is 1. The Bertz CT molecular complexity index is 114. The molecule has 0 aromatic heterocycles. The van der Waals surface area contributed by atoms with Crippen LogP contribution in [0.15, 0.2) is 4.99 Å². The van der Waals surface area contributed by atoms with Gasteiger partial charge in [0.05, 0.1) is 6.54 Å². The van der Waals surface area contributed by atoms with Crippen molar-refractivity contribution in [3.63, 3.8) is 0 Å². The molecule has 3 nitrogen and oxygen atoms in total. The number of hydrogen-bond donors (Lipinski definition) is 1. The zero-order valence-corrected chi connectivity index (χ0v) is 4.55. The third kappa shape index (κ3) is 1.15. The van der Waals surface area contributed by atoms with Gasteiger partial charge in [-0.1, -0.05) is 0 Å². The fourth-order valence-electron chi connectivity index (χ4n) is 0.644. The summed E-state index contributed by atoms with van der Waals surface area (Å²) in [6, 6.07) is 0. The van der Waals surface area contributed by atoms with E-state index in [1.165, 1.54) is 6.08 Å². The number of nitrogens with zero attached hydrogens (tertiary/aromatic N) is 1. The second-order valence-corrected chi connectivity index (χ2v) is 1.96. The minimum atomic E-state index is 0.594. The van der Waals surface area contributed by atoms with Crippen LogP contribution >= 0.6 is 0 Å². The van der Waals surface area contributed by atoms with E-state index in [1.807, 2.05) is 0 Å². The van der Waals surface area contributed by atoms with E-state index in [-0.39, 0.29) is 0 Å². The third-order valence-electron chi connectivity index (χ3n) is 1.28. The molecule has 3 heteroatoms. The minimum Gasteiger partial charge on any atom is -0.316 e. The molecule has 1 rings (SSSR count). The van der Waals surface area contributed by atoms with Crippen molar-refractivity contribution in [2.75, 3.05) is 19.6 Å². The molecule has 1 aliphatic rings. The van der Waals surface area contributed by atoms with Crippen molar-refractivity contribution < 1.29 is 4.79 Å². The van der Waals surface area contributed by atoms with E-state index >= 15 is 0 Å². The highest BCUT2D eigenvalue weighted by atomic mass is 16.1. The lowest BCUT2D eigenvalue weighted by Gasteiger charge is -2.24. The number of nitrogens with one attached hydrogen (secondary N) is 1. The predicted molar refractivity (Wildman–Crippen MR) is 29.3 cm³/mol. The zero-order chi connectivity index (χ0) is 5.82. The van der Waals surface area contributed by atoms with Gasteiger partial charge in [0.15, 0.2) is 0 Å². The smallest absolute Gasteiger partial charge is 0.234 e. The molecule has 1 heterocycles. The SMILES string of the molecule is O=C=NCC1CNC1. The Hall–Kier alpha value is -0.660. The standard InChI is InChI=1S/C5H8N2O/c8-4-7-3-5-1-6-2-5/h5-6H,1-3H2. The molecule has 0 atom stereocenters. The first kappa shape index (κ1) is 5.48. The summed E-state index contributed by atoms with van der Waals surface area (Å²) in [5.74, 6) is 0.594. The molecular weight excluding hydrogens is 104 g/mol. The van der Waals surface area contributed by atoms with Crippen LogP contribution in [0.1, 0.15) is 0 Å². The second-order valence-electron chi connectivity index (χ2n) is 1.96. The lowest BCUT2D eigenvalue weighted by atomic mass is 10.0. The van der Waals surface area contributed by atoms with Crippen molar-refractivity contribution in [2.24, 2.45) is 10.9 Å². The molecule has 0 amide bonds. The molecule has 0 aromatic rings. The van der Waals surface area contributed by atoms with Gasteiger partial charge in [0.25, 0.3) is 0 Å². The summed E-state index contributed by atoms with van der Waals surface area (Å²) in [4.78, 5) is 13.0. The van der Waals surface area contributed by atoms with Gasteiger partial charge >= 0.3 is 0 Å². The van der Waals surface area contributed by atoms with Crippen molar-refractivity contribution in [3.05, 3.63) is 0 Å². The largest absolute Gasteiger partial charge is 0.316 e. The van der Waals surface area contributed by atoms with Crippen LogP contribution in [0.4, 0.5) is 0 Å². The Labute approximate surface area is 47.8 Å². The van der Waals surface area contributed by atoms with Crippen molar-refractivity contribution in [1.29, 1.82) is 0 Å². The van der Waals surface area contributed by atoms with Gasteiger partial charge in [0.1, 0.15) is 0 Å². The molecule has 0 aromatic carbocycles. The average molecular weight is 112 g/mol. The molecule has 0 unspecified atom stereocenters. The van der Waals surface area contributed by atoms with Crippen LogP contribution in [-0.2, 0) is 4.79 Å². The Kier molecular flexibility index (Phi) is 1.78. The monoisotopic (exact) mass is 112 g/mol. The summed E-state index contributed by atoms with van der Waals surface area (Å²) in [6.07, 6.45) is 1.51. The second kappa shape index (κ2) is 2.60. The topological polar surface area (TPSA) is 41.5 Å². The maximum atomic E-state index is 9.54. The Morgan fingerprint density at radius 2 is 2.50 bits per heavy atom. The van der Waals surface area contributed by atoms with E-state index in [0.29, 0.717) is 12.5 Å². The quantitative estimate of drug-likeness (QED) is 0.388. The maximum absolute atomic E-state index is 9.54. The number of aliphatic imine (C=N–C) groups is 1. The van der Waals surface area contributed by atoms with E-state index in [1.54, 1.807) is 0 Å². The molecule has 1 N–H and O–H groups in total. The van der Waals surface area contributed by atoms with E-state index in [9.17, 15) is 4.79 Å². The first-order valence-corrected chi connectivity index (χ1v) is 2.68. The van der Waals surface area contributed by atoms with Gasteiger partial charge in [0.2, 0.25) is 6.08 Å². The lowest BCUT2D eigenvalue weighted by molar-refractivity contribution is 0.357. The van der Waals surface area contributed by atoms with Gasteiger partial charge in [-0.2, -0.15) is 0 Å². The molecule has 0 spiro atoms. The van der Waals surface area contributed by atoms with Crippen LogP contribution in [0.5, 0.6) is 0 Å². The first-order chi connectivity index (χ1) is 3.93. The van der Waals surface area contributed by atoms with Crippen molar-refractivity contribution in [3.8, 4) is 0 Å². The minimum absolute atomic E-state index is 0.594. The number of rotatable bonds is 2. The van der Waals surface area contributed by atoms with Crippen LogP contribution in [0.25, 0.3) is 0 Å². The van der Waals surface area contributed by atoms with Crippen LogP contribution < -0.4 is 5.32 Å². The zero-order valence-electron chi connectivity index (χ0n) is 4.55. The van der Waals surface area contributed by atoms with E-state index < -0.39 is 0 Å². The first-order valence-electron chi connectivity index (χ1n) is 2.68. The van der Waals surface area contributed by atoms with Crippen LogP contribution in [0.2, 0.25) is 0 Å². The fourth-order valence-corrected chi connectivity index (χ4v) is 0.644. The highest BCUT2D eigenvalue weighted by Gasteiger charge is 2.14. The van der Waals surface area contributed by atoms with Crippen molar-refractivity contribution in [1.82, 2.24) is 5.32 Å². The summed E-state index contributed by atoms with van der Waals surface area (Å²) in [7, 11) is 0. The van der Waals surface area contributed by atoms with Crippen LogP contribution in [0, 0.1) is 5.92 Å². The summed E-state index contributed by atoms with van der Waals surface area (Å²) < 4.78 is 0. The Balaban J connectivity index is 2.09. The van der Waals surface area contributed by atoms with Crippen molar-refractivity contribution in [2.45, 2.75) is 0 Å². The van der Waals surface area contributed by atoms with E-state index in [2.05, 4.69) is 10.3 Å². The molecule has 44 valence electrons. The molecule has 1 aliphatic heterocycles. The van der Waals surface area contributed by atoms with Gasteiger partial charge in [-0.25, -0.2) is 9.79 Å². The highest BCUT2D eigenvalue weighted by molar-refractivity contribution is 5.32. The molecule has 0 saturated carbocycles. The van der Waals surface area contributed by atoms with Gasteiger partial charge in [-0.15, -0.1) is 0 Å². The third-order valence-corrected chi connectivity index (χ3v) is 1.28. The van der Waals surface area contributed by atoms with E-state index in [4.69, 9.17) is 0 Å². The molecule has 0 radical (unpaired) electrons. The summed E-state index contributed by atoms with van der Waals surface area (Å²) >= 11 is 0. The van der Waals surface area contributed by atoms with Gasteiger partial charge in [-0.3, -0.25) is 0 Å². The number of carbonyl (C=O) groups excluding carboxylic acids is 1. The maximum Gasteiger partial charge on any atom is 0.234 e. The predicted octanol–water partition coefficient (Wildman–Crippen LogP) is -0.458. The van der Waals surface area contributed by atoms with E-state index in [0.717, 1.165) is 13.1 Å². The molecule has 1 fully saturated rings. The van der Waals surface area contributed by atoms with Gasteiger partial charge in [0, 0.05) is 19.0 Å². The molecule has 0 bridgehead atoms. The van der Waals surface area contributed by atoms with Crippen molar-refractivity contribution >= 4 is 6.08 Å².